The van der Waals surface area contributed by atoms with Gasteiger partial charge in [0.05, 0.1) is 22.8 Å². The third-order valence-electron chi connectivity index (χ3n) is 3.27. The van der Waals surface area contributed by atoms with Crippen molar-refractivity contribution in [3.8, 4) is 0 Å². The first-order chi connectivity index (χ1) is 10.8. The van der Waals surface area contributed by atoms with E-state index in [4.69, 9.17) is 16.3 Å². The number of aryl methyl sites for hydroxylation is 1. The average molecular weight is 356 g/mol. The fourth-order valence-corrected chi connectivity index (χ4v) is 3.30. The van der Waals surface area contributed by atoms with Crippen LogP contribution in [0, 0.1) is 19.7 Å². The summed E-state index contributed by atoms with van der Waals surface area (Å²) in [6, 6.07) is 3.51. The molecule has 0 bridgehead atoms. The van der Waals surface area contributed by atoms with Gasteiger partial charge in [-0.2, -0.15) is 0 Å². The molecule has 1 N–H and O–H groups in total. The lowest BCUT2D eigenvalue weighted by Gasteiger charge is -2.08. The highest BCUT2D eigenvalue weighted by Gasteiger charge is 2.23. The van der Waals surface area contributed by atoms with Crippen molar-refractivity contribution in [3.05, 3.63) is 50.6 Å². The summed E-state index contributed by atoms with van der Waals surface area (Å²) >= 11 is 7.17. The summed E-state index contributed by atoms with van der Waals surface area (Å²) in [4.78, 5) is 25.3. The molecule has 1 aromatic heterocycles. The average Bonchev–Trinajstić information content (AvgIpc) is 2.73. The van der Waals surface area contributed by atoms with Crippen LogP contribution < -0.4 is 5.32 Å². The van der Waals surface area contributed by atoms with Gasteiger partial charge in [0.1, 0.15) is 10.8 Å². The Kier molecular flexibility index (Phi) is 5.38. The van der Waals surface area contributed by atoms with Crippen molar-refractivity contribution in [1.82, 2.24) is 0 Å². The molecule has 0 radical (unpaired) electrons. The smallest absolute Gasteiger partial charge is 0.341 e. The Morgan fingerprint density at radius 2 is 2.04 bits per heavy atom. The van der Waals surface area contributed by atoms with Gasteiger partial charge < -0.3 is 10.1 Å². The summed E-state index contributed by atoms with van der Waals surface area (Å²) < 4.78 is 18.1. The van der Waals surface area contributed by atoms with Gasteiger partial charge in [-0.3, -0.25) is 4.79 Å². The number of anilines is 1. The van der Waals surface area contributed by atoms with E-state index in [0.29, 0.717) is 10.6 Å². The van der Waals surface area contributed by atoms with Gasteiger partial charge in [0.15, 0.2) is 0 Å². The van der Waals surface area contributed by atoms with Gasteiger partial charge in [0.25, 0.3) is 5.91 Å². The molecule has 0 spiro atoms. The van der Waals surface area contributed by atoms with Crippen molar-refractivity contribution < 1.29 is 18.7 Å². The van der Waals surface area contributed by atoms with Crippen LogP contribution in [0.4, 0.5) is 9.39 Å². The molecular weight excluding hydrogens is 341 g/mol. The van der Waals surface area contributed by atoms with Crippen molar-refractivity contribution in [3.63, 3.8) is 0 Å². The van der Waals surface area contributed by atoms with Crippen LogP contribution >= 0.6 is 22.9 Å². The molecule has 1 heterocycles. The zero-order valence-corrected chi connectivity index (χ0v) is 14.4. The third kappa shape index (κ3) is 3.71. The minimum absolute atomic E-state index is 0.00480. The van der Waals surface area contributed by atoms with E-state index in [1.54, 1.807) is 13.8 Å². The topological polar surface area (TPSA) is 55.4 Å². The fourth-order valence-electron chi connectivity index (χ4n) is 2.01. The SMILES string of the molecule is CCOC(=O)c1c(NC(=O)c2ccc(F)cc2Cl)sc(C)c1C. The number of benzene rings is 1. The van der Waals surface area contributed by atoms with E-state index >= 15 is 0 Å². The monoisotopic (exact) mass is 355 g/mol. The highest BCUT2D eigenvalue weighted by Crippen LogP contribution is 2.33. The van der Waals surface area contributed by atoms with Crippen molar-refractivity contribution in [2.45, 2.75) is 20.8 Å². The second-order valence-electron chi connectivity index (χ2n) is 4.79. The van der Waals surface area contributed by atoms with Crippen molar-refractivity contribution in [2.24, 2.45) is 0 Å². The van der Waals surface area contributed by atoms with E-state index in [-0.39, 0.29) is 17.2 Å². The van der Waals surface area contributed by atoms with Crippen LogP contribution in [0.2, 0.25) is 5.02 Å². The van der Waals surface area contributed by atoms with Crippen LogP contribution in [-0.2, 0) is 4.74 Å². The Hall–Kier alpha value is -1.92. The van der Waals surface area contributed by atoms with Crippen LogP contribution in [0.5, 0.6) is 0 Å². The van der Waals surface area contributed by atoms with Crippen molar-refractivity contribution in [1.29, 1.82) is 0 Å². The first kappa shape index (κ1) is 17.4. The number of rotatable bonds is 4. The zero-order valence-electron chi connectivity index (χ0n) is 12.8. The number of halogens is 2. The number of carbonyl (C=O) groups is 2. The van der Waals surface area contributed by atoms with E-state index in [2.05, 4.69) is 5.32 Å². The van der Waals surface area contributed by atoms with Crippen molar-refractivity contribution >= 4 is 39.8 Å². The molecule has 0 aliphatic heterocycles. The van der Waals surface area contributed by atoms with Gasteiger partial charge in [-0.25, -0.2) is 9.18 Å². The van der Waals surface area contributed by atoms with Crippen LogP contribution in [0.15, 0.2) is 18.2 Å². The summed E-state index contributed by atoms with van der Waals surface area (Å²) in [6.45, 7) is 5.59. The van der Waals surface area contributed by atoms with E-state index in [0.717, 1.165) is 22.6 Å². The molecule has 2 rings (SSSR count). The lowest BCUT2D eigenvalue weighted by atomic mass is 10.1. The second kappa shape index (κ2) is 7.10. The summed E-state index contributed by atoms with van der Waals surface area (Å²) in [6.07, 6.45) is 0. The maximum Gasteiger partial charge on any atom is 0.341 e. The minimum atomic E-state index is -0.526. The van der Waals surface area contributed by atoms with E-state index in [9.17, 15) is 14.0 Å². The first-order valence-corrected chi connectivity index (χ1v) is 8.08. The first-order valence-electron chi connectivity index (χ1n) is 6.88. The molecule has 122 valence electrons. The minimum Gasteiger partial charge on any atom is -0.462 e. The van der Waals surface area contributed by atoms with E-state index < -0.39 is 17.7 Å². The highest BCUT2D eigenvalue weighted by atomic mass is 35.5. The third-order valence-corrected chi connectivity index (χ3v) is 4.70. The second-order valence-corrected chi connectivity index (χ2v) is 6.42. The predicted octanol–water partition coefficient (Wildman–Crippen LogP) is 4.59. The highest BCUT2D eigenvalue weighted by molar-refractivity contribution is 7.16. The Morgan fingerprint density at radius 3 is 2.65 bits per heavy atom. The molecule has 1 amide bonds. The molecular formula is C16H15ClFNO3S. The normalized spacial score (nSPS) is 10.5. The Labute approximate surface area is 142 Å². The molecule has 0 aliphatic rings. The Morgan fingerprint density at radius 1 is 1.35 bits per heavy atom. The van der Waals surface area contributed by atoms with Gasteiger partial charge in [-0.1, -0.05) is 11.6 Å². The molecule has 2 aromatic rings. The largest absolute Gasteiger partial charge is 0.462 e. The predicted molar refractivity (Wildman–Crippen MR) is 89.1 cm³/mol. The number of thiophene rings is 1. The van der Waals surface area contributed by atoms with Crippen LogP contribution in [0.1, 0.15) is 38.1 Å². The van der Waals surface area contributed by atoms with Gasteiger partial charge >= 0.3 is 5.97 Å². The standard InChI is InChI=1S/C16H15ClFNO3S/c1-4-22-16(21)13-8(2)9(3)23-15(13)19-14(20)11-6-5-10(18)7-12(11)17/h5-7H,4H2,1-3H3,(H,19,20). The maximum absolute atomic E-state index is 13.1. The number of nitrogens with one attached hydrogen (secondary N) is 1. The Bertz CT molecular complexity index is 773. The molecule has 0 atom stereocenters. The van der Waals surface area contributed by atoms with Gasteiger partial charge in [0.2, 0.25) is 0 Å². The molecule has 0 aliphatic carbocycles. The maximum atomic E-state index is 13.1. The van der Waals surface area contributed by atoms with E-state index in [1.807, 2.05) is 6.92 Å². The zero-order chi connectivity index (χ0) is 17.1. The van der Waals surface area contributed by atoms with Crippen molar-refractivity contribution in [2.75, 3.05) is 11.9 Å². The van der Waals surface area contributed by atoms with Gasteiger partial charge in [-0.05, 0) is 44.5 Å². The summed E-state index contributed by atoms with van der Waals surface area (Å²) in [5, 5.41) is 3.06. The number of amides is 1. The summed E-state index contributed by atoms with van der Waals surface area (Å²) in [7, 11) is 0. The summed E-state index contributed by atoms with van der Waals surface area (Å²) in [5.41, 5.74) is 1.22. The van der Waals surface area contributed by atoms with Gasteiger partial charge in [0, 0.05) is 4.88 Å². The molecule has 1 aromatic carbocycles. The molecule has 4 nitrogen and oxygen atoms in total. The van der Waals surface area contributed by atoms with E-state index in [1.165, 1.54) is 17.4 Å². The lowest BCUT2D eigenvalue weighted by Crippen LogP contribution is -2.15. The van der Waals surface area contributed by atoms with Crippen LogP contribution in [-0.4, -0.2) is 18.5 Å². The van der Waals surface area contributed by atoms with Crippen LogP contribution in [0.3, 0.4) is 0 Å². The number of hydrogen-bond acceptors (Lipinski definition) is 4. The van der Waals surface area contributed by atoms with Gasteiger partial charge in [-0.15, -0.1) is 11.3 Å². The number of hydrogen-bond donors (Lipinski definition) is 1. The number of esters is 1. The molecule has 0 saturated heterocycles. The lowest BCUT2D eigenvalue weighted by molar-refractivity contribution is 0.0527. The number of carbonyl (C=O) groups excluding carboxylic acids is 2. The number of ether oxygens (including phenoxy) is 1. The molecule has 0 saturated carbocycles. The van der Waals surface area contributed by atoms with Crippen LogP contribution in [0.25, 0.3) is 0 Å². The molecule has 0 fully saturated rings. The summed E-state index contributed by atoms with van der Waals surface area (Å²) in [5.74, 6) is -1.53. The quantitative estimate of drug-likeness (QED) is 0.816. The molecule has 7 heteroatoms. The molecule has 0 unspecified atom stereocenters. The fraction of sp³-hybridized carbons (Fsp3) is 0.250. The molecule has 23 heavy (non-hydrogen) atoms. The Balaban J connectivity index is 2.34.